The summed E-state index contributed by atoms with van der Waals surface area (Å²) in [4.78, 5) is 27.7. The van der Waals surface area contributed by atoms with Crippen molar-refractivity contribution in [3.05, 3.63) is 63.7 Å². The first kappa shape index (κ1) is 27.1. The Morgan fingerprint density at radius 1 is 1.03 bits per heavy atom. The van der Waals surface area contributed by atoms with Gasteiger partial charge in [-0.15, -0.1) is 0 Å². The third-order valence-corrected chi connectivity index (χ3v) is 7.31. The molecule has 0 aliphatic rings. The highest BCUT2D eigenvalue weighted by molar-refractivity contribution is 14.1. The molecule has 0 fully saturated rings. The number of benzene rings is 2. The van der Waals surface area contributed by atoms with Crippen molar-refractivity contribution in [1.29, 1.82) is 0 Å². The van der Waals surface area contributed by atoms with Gasteiger partial charge in [0.1, 0.15) is 12.6 Å². The van der Waals surface area contributed by atoms with Crippen LogP contribution in [0.3, 0.4) is 0 Å². The van der Waals surface area contributed by atoms with E-state index in [2.05, 4.69) is 27.9 Å². The van der Waals surface area contributed by atoms with Gasteiger partial charge in [-0.2, -0.15) is 0 Å². The predicted molar refractivity (Wildman–Crippen MR) is 141 cm³/mol. The van der Waals surface area contributed by atoms with E-state index in [9.17, 15) is 18.0 Å². The molecular weight excluding hydrogens is 553 g/mol. The van der Waals surface area contributed by atoms with Crippen LogP contribution in [0.1, 0.15) is 32.8 Å². The molecule has 0 aliphatic heterocycles. The van der Waals surface area contributed by atoms with Crippen LogP contribution in [-0.2, 0) is 26.0 Å². The number of nitrogens with zero attached hydrogens (tertiary/aromatic N) is 2. The van der Waals surface area contributed by atoms with Crippen molar-refractivity contribution in [3.8, 4) is 0 Å². The fraction of sp³-hybridized carbons (Fsp3) is 0.417. The first-order chi connectivity index (χ1) is 15.5. The van der Waals surface area contributed by atoms with E-state index in [1.165, 1.54) is 4.90 Å². The standard InChI is InChI=1S/C24H32IN3O4S/c1-5-18(2)26-24(30)19(3)27(16-15-20-9-7-6-8-10-20)23(29)17-28(33(4,31)32)22-13-11-21(25)12-14-22/h6-14,18-19H,5,15-17H2,1-4H3,(H,26,30)/t18-,19+/m1/s1. The summed E-state index contributed by atoms with van der Waals surface area (Å²) >= 11 is 2.13. The van der Waals surface area contributed by atoms with Crippen LogP contribution >= 0.6 is 22.6 Å². The molecule has 33 heavy (non-hydrogen) atoms. The lowest BCUT2D eigenvalue weighted by Crippen LogP contribution is -2.53. The topological polar surface area (TPSA) is 86.8 Å². The quantitative estimate of drug-likeness (QED) is 0.410. The number of hydrogen-bond acceptors (Lipinski definition) is 4. The number of sulfonamides is 1. The van der Waals surface area contributed by atoms with E-state index in [1.807, 2.05) is 44.2 Å². The number of carbonyl (C=O) groups excluding carboxylic acids is 2. The number of halogens is 1. The molecule has 1 N–H and O–H groups in total. The average Bonchev–Trinajstić information content (AvgIpc) is 2.78. The molecule has 0 aliphatic carbocycles. The van der Waals surface area contributed by atoms with Crippen LogP contribution in [0.4, 0.5) is 5.69 Å². The van der Waals surface area contributed by atoms with Crippen LogP contribution in [0.5, 0.6) is 0 Å². The van der Waals surface area contributed by atoms with Gasteiger partial charge in [0.05, 0.1) is 11.9 Å². The first-order valence-corrected chi connectivity index (χ1v) is 13.8. The van der Waals surface area contributed by atoms with Gasteiger partial charge in [0, 0.05) is 16.2 Å². The van der Waals surface area contributed by atoms with E-state index < -0.39 is 22.0 Å². The molecule has 2 aromatic rings. The largest absolute Gasteiger partial charge is 0.352 e. The van der Waals surface area contributed by atoms with Crippen LogP contribution in [-0.4, -0.2) is 56.6 Å². The van der Waals surface area contributed by atoms with Crippen LogP contribution in [0.2, 0.25) is 0 Å². The number of anilines is 1. The maximum atomic E-state index is 13.4. The highest BCUT2D eigenvalue weighted by atomic mass is 127. The Hall–Kier alpha value is -2.14. The van der Waals surface area contributed by atoms with Crippen LogP contribution in [0.25, 0.3) is 0 Å². The highest BCUT2D eigenvalue weighted by Gasteiger charge is 2.30. The number of amides is 2. The maximum Gasteiger partial charge on any atom is 0.244 e. The number of nitrogens with one attached hydrogen (secondary N) is 1. The summed E-state index contributed by atoms with van der Waals surface area (Å²) in [5, 5.41) is 2.92. The molecule has 2 atom stereocenters. The lowest BCUT2D eigenvalue weighted by Gasteiger charge is -2.32. The third-order valence-electron chi connectivity index (χ3n) is 5.45. The summed E-state index contributed by atoms with van der Waals surface area (Å²) in [5.74, 6) is -0.687. The summed E-state index contributed by atoms with van der Waals surface area (Å²) in [6, 6.07) is 15.8. The van der Waals surface area contributed by atoms with Crippen LogP contribution < -0.4 is 9.62 Å². The molecule has 2 amide bonds. The Balaban J connectivity index is 2.29. The van der Waals surface area contributed by atoms with Crippen LogP contribution in [0.15, 0.2) is 54.6 Å². The lowest BCUT2D eigenvalue weighted by atomic mass is 10.1. The zero-order valence-electron chi connectivity index (χ0n) is 19.5. The predicted octanol–water partition coefficient (Wildman–Crippen LogP) is 3.43. The Morgan fingerprint density at radius 3 is 2.18 bits per heavy atom. The molecule has 9 heteroatoms. The van der Waals surface area contributed by atoms with Gasteiger partial charge in [-0.1, -0.05) is 37.3 Å². The molecule has 0 spiro atoms. The molecular formula is C24H32IN3O4S. The minimum absolute atomic E-state index is 0.0228. The van der Waals surface area contributed by atoms with Crippen molar-refractivity contribution in [2.24, 2.45) is 0 Å². The Bertz CT molecular complexity index is 1030. The Kier molecular flexibility index (Phi) is 10.2. The molecule has 0 heterocycles. The van der Waals surface area contributed by atoms with Crippen molar-refractivity contribution in [2.75, 3.05) is 23.7 Å². The van der Waals surface area contributed by atoms with Gasteiger partial charge in [0.25, 0.3) is 0 Å². The van der Waals surface area contributed by atoms with E-state index in [1.54, 1.807) is 31.2 Å². The number of hydrogen-bond donors (Lipinski definition) is 1. The van der Waals surface area contributed by atoms with Gasteiger partial charge < -0.3 is 10.2 Å². The van der Waals surface area contributed by atoms with E-state index in [0.717, 1.165) is 26.1 Å². The fourth-order valence-electron chi connectivity index (χ4n) is 3.26. The molecule has 0 unspecified atom stereocenters. The Labute approximate surface area is 210 Å². The number of carbonyl (C=O) groups is 2. The molecule has 7 nitrogen and oxygen atoms in total. The monoisotopic (exact) mass is 585 g/mol. The van der Waals surface area contributed by atoms with E-state index in [0.29, 0.717) is 18.7 Å². The minimum Gasteiger partial charge on any atom is -0.352 e. The smallest absolute Gasteiger partial charge is 0.244 e. The maximum absolute atomic E-state index is 13.4. The van der Waals surface area contributed by atoms with Gasteiger partial charge >= 0.3 is 0 Å². The molecule has 0 aromatic heterocycles. The third kappa shape index (κ3) is 8.29. The summed E-state index contributed by atoms with van der Waals surface area (Å²) in [6.45, 7) is 5.47. The SMILES string of the molecule is CC[C@@H](C)NC(=O)[C@H](C)N(CCc1ccccc1)C(=O)CN(c1ccc(I)cc1)S(C)(=O)=O. The second-order valence-corrected chi connectivity index (χ2v) is 11.2. The zero-order valence-corrected chi connectivity index (χ0v) is 22.5. The first-order valence-electron chi connectivity index (χ1n) is 10.9. The molecule has 0 saturated carbocycles. The van der Waals surface area contributed by atoms with Gasteiger partial charge in [-0.3, -0.25) is 13.9 Å². The van der Waals surface area contributed by atoms with Gasteiger partial charge in [-0.25, -0.2) is 8.42 Å². The summed E-state index contributed by atoms with van der Waals surface area (Å²) in [5.41, 5.74) is 1.44. The van der Waals surface area contributed by atoms with Crippen LogP contribution in [0, 0.1) is 3.57 Å². The zero-order chi connectivity index (χ0) is 24.6. The van der Waals surface area contributed by atoms with E-state index >= 15 is 0 Å². The molecule has 180 valence electrons. The van der Waals surface area contributed by atoms with E-state index in [4.69, 9.17) is 0 Å². The summed E-state index contributed by atoms with van der Waals surface area (Å²) in [6.07, 6.45) is 2.40. The molecule has 0 radical (unpaired) electrons. The van der Waals surface area contributed by atoms with Gasteiger partial charge in [0.15, 0.2) is 0 Å². The lowest BCUT2D eigenvalue weighted by molar-refractivity contribution is -0.139. The summed E-state index contributed by atoms with van der Waals surface area (Å²) < 4.78 is 27.1. The second-order valence-electron chi connectivity index (χ2n) is 8.06. The summed E-state index contributed by atoms with van der Waals surface area (Å²) in [7, 11) is -3.71. The minimum atomic E-state index is -3.71. The normalized spacial score (nSPS) is 13.1. The van der Waals surface area contributed by atoms with Gasteiger partial charge in [0.2, 0.25) is 21.8 Å². The van der Waals surface area contributed by atoms with Crippen molar-refractivity contribution < 1.29 is 18.0 Å². The van der Waals surface area contributed by atoms with Crippen molar-refractivity contribution >= 4 is 50.1 Å². The van der Waals surface area contributed by atoms with Crippen molar-refractivity contribution in [2.45, 2.75) is 45.7 Å². The van der Waals surface area contributed by atoms with Gasteiger partial charge in [-0.05, 0) is 79.1 Å². The average molecular weight is 586 g/mol. The fourth-order valence-corrected chi connectivity index (χ4v) is 4.47. The highest BCUT2D eigenvalue weighted by Crippen LogP contribution is 2.20. The number of rotatable bonds is 11. The molecule has 2 rings (SSSR count). The van der Waals surface area contributed by atoms with E-state index in [-0.39, 0.29) is 18.5 Å². The molecule has 0 saturated heterocycles. The molecule has 0 bridgehead atoms. The van der Waals surface area contributed by atoms with Crippen molar-refractivity contribution in [1.82, 2.24) is 10.2 Å². The Morgan fingerprint density at radius 2 is 1.64 bits per heavy atom. The van der Waals surface area contributed by atoms with Crippen molar-refractivity contribution in [3.63, 3.8) is 0 Å². The molecule has 2 aromatic carbocycles. The second kappa shape index (κ2) is 12.4.